The molecule has 0 saturated carbocycles. The Balaban J connectivity index is 8.34. The molecule has 0 aliphatic rings. The van der Waals surface area contributed by atoms with Gasteiger partial charge in [0.05, 0.1) is 0 Å². The lowest BCUT2D eigenvalue weighted by Gasteiger charge is -2.73. The van der Waals surface area contributed by atoms with Crippen LogP contribution in [0.1, 0.15) is 213 Å². The molecule has 0 aliphatic carbocycles. The molecule has 0 aromatic rings. The summed E-state index contributed by atoms with van der Waals surface area (Å²) in [4.78, 5) is 0. The molecule has 0 heterocycles. The van der Waals surface area contributed by atoms with Gasteiger partial charge in [0, 0.05) is 0 Å². The summed E-state index contributed by atoms with van der Waals surface area (Å²) in [6, 6.07) is 0. The molecule has 0 aromatic carbocycles. The highest BCUT2D eigenvalue weighted by Gasteiger charge is 2.69. The summed E-state index contributed by atoms with van der Waals surface area (Å²) in [6.07, 6.45) is 3.74. The van der Waals surface area contributed by atoms with Crippen LogP contribution >= 0.6 is 0 Å². The largest absolute Gasteiger partial charge is 0.0654 e. The van der Waals surface area contributed by atoms with Crippen molar-refractivity contribution >= 4 is 0 Å². The molecule has 0 spiro atoms. The van der Waals surface area contributed by atoms with Gasteiger partial charge in [-0.05, 0) is 96.1 Å². The maximum Gasteiger partial charge on any atom is -0.0156 e. The van der Waals surface area contributed by atoms with Gasteiger partial charge >= 0.3 is 0 Å². The van der Waals surface area contributed by atoms with Crippen LogP contribution < -0.4 is 0 Å². The van der Waals surface area contributed by atoms with E-state index < -0.39 is 0 Å². The summed E-state index contributed by atoms with van der Waals surface area (Å²) >= 11 is 0. The van der Waals surface area contributed by atoms with Gasteiger partial charge in [0.25, 0.3) is 0 Å². The topological polar surface area (TPSA) is 0 Å². The van der Waals surface area contributed by atoms with E-state index >= 15 is 0 Å². The number of hydrogen-bond donors (Lipinski definition) is 0. The quantitative estimate of drug-likeness (QED) is 0.166. The molecule has 0 saturated heterocycles. The predicted octanol–water partition coefficient (Wildman–Crippen LogP) is 16.0. The van der Waals surface area contributed by atoms with Crippen molar-refractivity contribution in [2.75, 3.05) is 0 Å². The maximum atomic E-state index is 2.73. The van der Waals surface area contributed by atoms with E-state index in [2.05, 4.69) is 194 Å². The summed E-state index contributed by atoms with van der Waals surface area (Å²) in [7, 11) is 0. The van der Waals surface area contributed by atoms with Crippen LogP contribution in [0.15, 0.2) is 0 Å². The fourth-order valence-corrected chi connectivity index (χ4v) is 10.6. The highest BCUT2D eigenvalue weighted by Crippen LogP contribution is 2.76. The first kappa shape index (κ1) is 46.0. The molecular formula is C46H94. The van der Waals surface area contributed by atoms with E-state index in [4.69, 9.17) is 0 Å². The van der Waals surface area contributed by atoms with E-state index in [1.54, 1.807) is 0 Å². The van der Waals surface area contributed by atoms with Crippen LogP contribution in [-0.4, -0.2) is 0 Å². The van der Waals surface area contributed by atoms with Crippen molar-refractivity contribution in [2.24, 2.45) is 83.2 Å². The lowest BCUT2D eigenvalue weighted by Crippen LogP contribution is -2.67. The Morgan fingerprint density at radius 3 is 1.07 bits per heavy atom. The summed E-state index contributed by atoms with van der Waals surface area (Å²) < 4.78 is 0. The van der Waals surface area contributed by atoms with E-state index in [9.17, 15) is 0 Å². The molecule has 0 aliphatic heterocycles. The van der Waals surface area contributed by atoms with Crippen LogP contribution in [0, 0.1) is 83.2 Å². The molecule has 46 heavy (non-hydrogen) atoms. The monoisotopic (exact) mass is 647 g/mol. The van der Waals surface area contributed by atoms with Crippen molar-refractivity contribution in [3.63, 3.8) is 0 Å². The third-order valence-electron chi connectivity index (χ3n) is 19.1. The molecule has 0 radical (unpaired) electrons. The predicted molar refractivity (Wildman–Crippen MR) is 213 cm³/mol. The lowest BCUT2D eigenvalue weighted by atomic mass is 9.31. The molecule has 4 unspecified atom stereocenters. The van der Waals surface area contributed by atoms with Gasteiger partial charge in [-0.3, -0.25) is 0 Å². The van der Waals surface area contributed by atoms with E-state index in [0.717, 1.165) is 0 Å². The van der Waals surface area contributed by atoms with Crippen molar-refractivity contribution in [2.45, 2.75) is 213 Å². The molecule has 0 amide bonds. The van der Waals surface area contributed by atoms with Crippen LogP contribution in [0.3, 0.4) is 0 Å². The first-order valence-electron chi connectivity index (χ1n) is 19.7. The molecule has 278 valence electrons. The van der Waals surface area contributed by atoms with Gasteiger partial charge in [0.1, 0.15) is 0 Å². The normalized spacial score (nSPS) is 19.2. The van der Waals surface area contributed by atoms with Crippen molar-refractivity contribution in [1.82, 2.24) is 0 Å². The fourth-order valence-electron chi connectivity index (χ4n) is 10.6. The average Bonchev–Trinajstić information content (AvgIpc) is 2.83. The molecule has 4 atom stereocenters. The number of hydrogen-bond acceptors (Lipinski definition) is 0. The SMILES string of the molecule is CCCC(C)(C)C(CC(C)C(C)C)(C(C)C(C)(C)C(C)(C)C(C)(C)C(C)C(C)(C)C(C)(C)C)C(C)(C)C(C)(C)C(C)(C)C(C)(C)C. The van der Waals surface area contributed by atoms with Crippen LogP contribution in [0.4, 0.5) is 0 Å². The van der Waals surface area contributed by atoms with E-state index in [0.29, 0.717) is 23.7 Å². The summed E-state index contributed by atoms with van der Waals surface area (Å²) in [5.74, 6) is 2.31. The molecule has 0 N–H and O–H groups in total. The lowest BCUT2D eigenvalue weighted by molar-refractivity contribution is -0.251. The molecule has 0 rings (SSSR count). The van der Waals surface area contributed by atoms with Crippen LogP contribution in [0.25, 0.3) is 0 Å². The van der Waals surface area contributed by atoms with E-state index in [-0.39, 0.29) is 59.6 Å². The standard InChI is InChI=1S/C46H94/c1-29-30-38(13,14)46(31-33(4)32(2)3,45(27,28)44(25,26)42(21,22)37(10,11)12)35(6)41(19,20)43(23,24)40(17,18)34(5)39(15,16)36(7,8)9/h32-35H,29-31H2,1-28H3. The molecule has 0 aromatic heterocycles. The molecular weight excluding hydrogens is 553 g/mol. The average molecular weight is 647 g/mol. The zero-order valence-electron chi connectivity index (χ0n) is 37.9. The Labute approximate surface area is 295 Å². The van der Waals surface area contributed by atoms with Crippen molar-refractivity contribution in [1.29, 1.82) is 0 Å². The Bertz CT molecular complexity index is 974. The second-order valence-electron chi connectivity index (χ2n) is 23.6. The van der Waals surface area contributed by atoms with Crippen molar-refractivity contribution in [3.8, 4) is 0 Å². The first-order chi connectivity index (χ1) is 19.7. The summed E-state index contributed by atoms with van der Waals surface area (Å²) in [5, 5.41) is 0. The number of rotatable bonds is 15. The minimum atomic E-state index is 0.0335. The van der Waals surface area contributed by atoms with Gasteiger partial charge in [-0.1, -0.05) is 200 Å². The van der Waals surface area contributed by atoms with Crippen molar-refractivity contribution < 1.29 is 0 Å². The van der Waals surface area contributed by atoms with Crippen LogP contribution in [-0.2, 0) is 0 Å². The third-order valence-corrected chi connectivity index (χ3v) is 19.1. The van der Waals surface area contributed by atoms with Crippen molar-refractivity contribution in [3.05, 3.63) is 0 Å². The zero-order valence-corrected chi connectivity index (χ0v) is 37.9. The third kappa shape index (κ3) is 6.85. The van der Waals surface area contributed by atoms with Gasteiger partial charge in [-0.25, -0.2) is 0 Å². The minimum Gasteiger partial charge on any atom is -0.0654 e. The molecule has 0 nitrogen and oxygen atoms in total. The van der Waals surface area contributed by atoms with E-state index in [1.807, 2.05) is 0 Å². The Morgan fingerprint density at radius 1 is 0.391 bits per heavy atom. The second-order valence-corrected chi connectivity index (χ2v) is 23.6. The molecule has 0 bridgehead atoms. The second kappa shape index (κ2) is 13.3. The van der Waals surface area contributed by atoms with Gasteiger partial charge < -0.3 is 0 Å². The molecule has 0 fully saturated rings. The highest BCUT2D eigenvalue weighted by atomic mass is 14.7. The first-order valence-corrected chi connectivity index (χ1v) is 19.7. The van der Waals surface area contributed by atoms with Gasteiger partial charge in [0.15, 0.2) is 0 Å². The van der Waals surface area contributed by atoms with Crippen LogP contribution in [0.2, 0.25) is 0 Å². The molecule has 0 heteroatoms. The Kier molecular flexibility index (Phi) is 13.3. The Morgan fingerprint density at radius 2 is 0.761 bits per heavy atom. The van der Waals surface area contributed by atoms with Crippen LogP contribution in [0.5, 0.6) is 0 Å². The van der Waals surface area contributed by atoms with Gasteiger partial charge in [0.2, 0.25) is 0 Å². The maximum absolute atomic E-state index is 2.73. The minimum absolute atomic E-state index is 0.0335. The van der Waals surface area contributed by atoms with E-state index in [1.165, 1.54) is 19.3 Å². The summed E-state index contributed by atoms with van der Waals surface area (Å²) in [5.41, 5.74) is 1.24. The summed E-state index contributed by atoms with van der Waals surface area (Å²) in [6.45, 7) is 72.3. The van der Waals surface area contributed by atoms with Gasteiger partial charge in [-0.15, -0.1) is 0 Å². The highest BCUT2D eigenvalue weighted by molar-refractivity contribution is 5.17. The fraction of sp³-hybridized carbons (Fsp3) is 1.00. The smallest absolute Gasteiger partial charge is 0.0156 e. The zero-order chi connectivity index (χ0) is 37.9. The van der Waals surface area contributed by atoms with Gasteiger partial charge in [-0.2, -0.15) is 0 Å². The Hall–Kier alpha value is 0.